The van der Waals surface area contributed by atoms with E-state index in [4.69, 9.17) is 15.2 Å². The van der Waals surface area contributed by atoms with Crippen molar-refractivity contribution < 1.29 is 9.47 Å². The Morgan fingerprint density at radius 2 is 1.67 bits per heavy atom. The molecule has 3 nitrogen and oxygen atoms in total. The maximum absolute atomic E-state index is 5.58. The van der Waals surface area contributed by atoms with Gasteiger partial charge in [-0.1, -0.05) is 32.6 Å². The van der Waals surface area contributed by atoms with Crippen molar-refractivity contribution in [1.29, 1.82) is 0 Å². The van der Waals surface area contributed by atoms with Crippen molar-refractivity contribution in [2.75, 3.05) is 20.8 Å². The molecule has 0 aromatic carbocycles. The van der Waals surface area contributed by atoms with E-state index in [-0.39, 0.29) is 6.10 Å². The predicted molar refractivity (Wildman–Crippen MR) is 64.0 cm³/mol. The lowest BCUT2D eigenvalue weighted by atomic mass is 10.0. The van der Waals surface area contributed by atoms with Gasteiger partial charge in [0, 0.05) is 27.2 Å². The lowest BCUT2D eigenvalue weighted by Gasteiger charge is -2.20. The van der Waals surface area contributed by atoms with Crippen molar-refractivity contribution in [2.45, 2.75) is 57.7 Å². The molecule has 0 saturated carbocycles. The second-order valence-corrected chi connectivity index (χ2v) is 4.04. The second kappa shape index (κ2) is 10.4. The third-order valence-corrected chi connectivity index (χ3v) is 2.83. The summed E-state index contributed by atoms with van der Waals surface area (Å²) >= 11 is 0. The molecular weight excluding hydrogens is 190 g/mol. The van der Waals surface area contributed by atoms with Gasteiger partial charge in [0.1, 0.15) is 0 Å². The van der Waals surface area contributed by atoms with Crippen LogP contribution in [0.4, 0.5) is 0 Å². The molecule has 0 radical (unpaired) electrons. The standard InChI is InChI=1S/C12H27NO2/c1-4-5-6-7-8-11(14-2)9-12(10-13)15-3/h11-12H,4-10,13H2,1-3H3. The first-order valence-electron chi connectivity index (χ1n) is 6.04. The quantitative estimate of drug-likeness (QED) is 0.571. The summed E-state index contributed by atoms with van der Waals surface area (Å²) in [5.41, 5.74) is 5.58. The number of nitrogens with two attached hydrogens (primary N) is 1. The van der Waals surface area contributed by atoms with E-state index >= 15 is 0 Å². The van der Waals surface area contributed by atoms with Gasteiger partial charge in [-0.15, -0.1) is 0 Å². The van der Waals surface area contributed by atoms with Crippen LogP contribution < -0.4 is 5.73 Å². The highest BCUT2D eigenvalue weighted by molar-refractivity contribution is 4.67. The van der Waals surface area contributed by atoms with Gasteiger partial charge in [0.15, 0.2) is 0 Å². The van der Waals surface area contributed by atoms with Gasteiger partial charge >= 0.3 is 0 Å². The Balaban J connectivity index is 3.61. The highest BCUT2D eigenvalue weighted by atomic mass is 16.5. The Labute approximate surface area is 94.3 Å². The molecule has 0 aliphatic carbocycles. The van der Waals surface area contributed by atoms with E-state index in [1.165, 1.54) is 25.7 Å². The van der Waals surface area contributed by atoms with Crippen LogP contribution in [-0.2, 0) is 9.47 Å². The molecule has 3 heteroatoms. The molecule has 0 amide bonds. The van der Waals surface area contributed by atoms with Crippen molar-refractivity contribution in [3.63, 3.8) is 0 Å². The maximum atomic E-state index is 5.58. The molecule has 15 heavy (non-hydrogen) atoms. The van der Waals surface area contributed by atoms with Gasteiger partial charge in [0.2, 0.25) is 0 Å². The molecule has 0 aliphatic rings. The fourth-order valence-electron chi connectivity index (χ4n) is 1.71. The van der Waals surface area contributed by atoms with Gasteiger partial charge < -0.3 is 15.2 Å². The topological polar surface area (TPSA) is 44.5 Å². The van der Waals surface area contributed by atoms with Crippen LogP contribution in [0.2, 0.25) is 0 Å². The minimum Gasteiger partial charge on any atom is -0.381 e. The summed E-state index contributed by atoms with van der Waals surface area (Å²) in [6.45, 7) is 2.80. The lowest BCUT2D eigenvalue weighted by Crippen LogP contribution is -2.28. The van der Waals surface area contributed by atoms with E-state index in [1.54, 1.807) is 14.2 Å². The number of hydrogen-bond acceptors (Lipinski definition) is 3. The summed E-state index contributed by atoms with van der Waals surface area (Å²) in [6.07, 6.45) is 7.62. The van der Waals surface area contributed by atoms with Crippen LogP contribution in [0, 0.1) is 0 Å². The molecule has 92 valence electrons. The van der Waals surface area contributed by atoms with Crippen LogP contribution in [-0.4, -0.2) is 33.0 Å². The number of rotatable bonds is 10. The molecule has 0 saturated heterocycles. The Hall–Kier alpha value is -0.120. The van der Waals surface area contributed by atoms with Crippen molar-refractivity contribution in [3.05, 3.63) is 0 Å². The molecule has 0 fully saturated rings. The Morgan fingerprint density at radius 1 is 1.00 bits per heavy atom. The highest BCUT2D eigenvalue weighted by Gasteiger charge is 2.13. The Bertz CT molecular complexity index is 127. The van der Waals surface area contributed by atoms with Crippen molar-refractivity contribution in [1.82, 2.24) is 0 Å². The largest absolute Gasteiger partial charge is 0.381 e. The molecule has 0 heterocycles. The number of hydrogen-bond donors (Lipinski definition) is 1. The first-order valence-corrected chi connectivity index (χ1v) is 6.04. The molecule has 0 aromatic heterocycles. The molecule has 0 aromatic rings. The van der Waals surface area contributed by atoms with Crippen LogP contribution in [0.5, 0.6) is 0 Å². The minimum absolute atomic E-state index is 0.140. The third kappa shape index (κ3) is 7.77. The molecule has 0 aliphatic heterocycles. The van der Waals surface area contributed by atoms with E-state index < -0.39 is 0 Å². The van der Waals surface area contributed by atoms with Gasteiger partial charge in [-0.25, -0.2) is 0 Å². The fourth-order valence-corrected chi connectivity index (χ4v) is 1.71. The zero-order valence-electron chi connectivity index (χ0n) is 10.5. The third-order valence-electron chi connectivity index (χ3n) is 2.83. The van der Waals surface area contributed by atoms with E-state index in [0.717, 1.165) is 12.8 Å². The summed E-state index contributed by atoms with van der Waals surface area (Å²) < 4.78 is 10.7. The average molecular weight is 217 g/mol. The lowest BCUT2D eigenvalue weighted by molar-refractivity contribution is 0.0216. The normalized spacial score (nSPS) is 15.2. The van der Waals surface area contributed by atoms with E-state index in [9.17, 15) is 0 Å². The summed E-state index contributed by atoms with van der Waals surface area (Å²) in [5, 5.41) is 0. The van der Waals surface area contributed by atoms with Gasteiger partial charge in [0.25, 0.3) is 0 Å². The first-order chi connectivity index (χ1) is 7.28. The maximum Gasteiger partial charge on any atom is 0.0718 e. The first kappa shape index (κ1) is 14.9. The molecular formula is C12H27NO2. The summed E-state index contributed by atoms with van der Waals surface area (Å²) in [7, 11) is 3.48. The monoisotopic (exact) mass is 217 g/mol. The Morgan fingerprint density at radius 3 is 2.13 bits per heavy atom. The summed E-state index contributed by atoms with van der Waals surface area (Å²) in [6, 6.07) is 0. The van der Waals surface area contributed by atoms with Crippen LogP contribution in [0.1, 0.15) is 45.4 Å². The van der Waals surface area contributed by atoms with Crippen LogP contribution >= 0.6 is 0 Å². The molecule has 0 bridgehead atoms. The van der Waals surface area contributed by atoms with Crippen LogP contribution in [0.3, 0.4) is 0 Å². The predicted octanol–water partition coefficient (Wildman–Crippen LogP) is 2.34. The smallest absolute Gasteiger partial charge is 0.0718 e. The van der Waals surface area contributed by atoms with Crippen molar-refractivity contribution >= 4 is 0 Å². The van der Waals surface area contributed by atoms with Crippen LogP contribution in [0.15, 0.2) is 0 Å². The SMILES string of the molecule is CCCCCCC(CC(CN)OC)OC. The van der Waals surface area contributed by atoms with Crippen LogP contribution in [0.25, 0.3) is 0 Å². The molecule has 2 unspecified atom stereocenters. The van der Waals surface area contributed by atoms with Crippen molar-refractivity contribution in [2.24, 2.45) is 5.73 Å². The van der Waals surface area contributed by atoms with E-state index in [0.29, 0.717) is 12.6 Å². The van der Waals surface area contributed by atoms with E-state index in [2.05, 4.69) is 6.92 Å². The molecule has 2 N–H and O–H groups in total. The molecule has 2 atom stereocenters. The summed E-state index contributed by atoms with van der Waals surface area (Å²) in [5.74, 6) is 0. The Kier molecular flexibility index (Phi) is 10.3. The van der Waals surface area contributed by atoms with Gasteiger partial charge in [-0.2, -0.15) is 0 Å². The zero-order chi connectivity index (χ0) is 11.5. The van der Waals surface area contributed by atoms with E-state index in [1.807, 2.05) is 0 Å². The molecule has 0 spiro atoms. The summed E-state index contributed by atoms with van der Waals surface area (Å²) in [4.78, 5) is 0. The van der Waals surface area contributed by atoms with Gasteiger partial charge in [0.05, 0.1) is 12.2 Å². The molecule has 0 rings (SSSR count). The van der Waals surface area contributed by atoms with Gasteiger partial charge in [-0.3, -0.25) is 0 Å². The highest BCUT2D eigenvalue weighted by Crippen LogP contribution is 2.13. The average Bonchev–Trinajstić information content (AvgIpc) is 2.28. The number of ether oxygens (including phenoxy) is 2. The minimum atomic E-state index is 0.140. The van der Waals surface area contributed by atoms with Gasteiger partial charge in [-0.05, 0) is 6.42 Å². The fraction of sp³-hybridized carbons (Fsp3) is 1.00. The number of unbranched alkanes of at least 4 members (excludes halogenated alkanes) is 3. The number of methoxy groups -OCH3 is 2. The van der Waals surface area contributed by atoms with Crippen molar-refractivity contribution in [3.8, 4) is 0 Å². The second-order valence-electron chi connectivity index (χ2n) is 4.04. The zero-order valence-corrected chi connectivity index (χ0v) is 10.5.